The molecule has 0 radical (unpaired) electrons. The number of nitrogens with one attached hydrogen (secondary N) is 1. The van der Waals surface area contributed by atoms with Crippen LogP contribution in [0.5, 0.6) is 0 Å². The van der Waals surface area contributed by atoms with E-state index in [1.807, 2.05) is 44.2 Å². The van der Waals surface area contributed by atoms with E-state index in [-0.39, 0.29) is 17.7 Å². The number of anilines is 1. The molecule has 0 unspecified atom stereocenters. The number of nitrogens with zero attached hydrogens (tertiary/aromatic N) is 2. The topological polar surface area (TPSA) is 82.5 Å². The van der Waals surface area contributed by atoms with Gasteiger partial charge in [0, 0.05) is 18.6 Å². The van der Waals surface area contributed by atoms with E-state index >= 15 is 0 Å². The highest BCUT2D eigenvalue weighted by Gasteiger charge is 2.37. The van der Waals surface area contributed by atoms with Gasteiger partial charge < -0.3 is 15.3 Å². The van der Waals surface area contributed by atoms with Crippen molar-refractivity contribution in [1.82, 2.24) is 9.88 Å². The lowest BCUT2D eigenvalue weighted by Gasteiger charge is -2.33. The first kappa shape index (κ1) is 21.1. The van der Waals surface area contributed by atoms with Crippen molar-refractivity contribution in [2.45, 2.75) is 58.0 Å². The van der Waals surface area contributed by atoms with E-state index in [0.717, 1.165) is 42.3 Å². The first-order valence-corrected chi connectivity index (χ1v) is 10.5. The summed E-state index contributed by atoms with van der Waals surface area (Å²) in [7, 11) is 1.62. The molecule has 1 saturated carbocycles. The van der Waals surface area contributed by atoms with Gasteiger partial charge in [0.15, 0.2) is 0 Å². The van der Waals surface area contributed by atoms with Crippen LogP contribution < -0.4 is 5.32 Å². The molecule has 0 spiro atoms. The van der Waals surface area contributed by atoms with Crippen molar-refractivity contribution in [3.05, 3.63) is 36.5 Å². The summed E-state index contributed by atoms with van der Waals surface area (Å²) < 4.78 is 0. The summed E-state index contributed by atoms with van der Waals surface area (Å²) in [4.78, 5) is 31.2. The maximum atomic E-state index is 13.5. The Morgan fingerprint density at radius 2 is 1.90 bits per heavy atom. The lowest BCUT2D eigenvalue weighted by Crippen LogP contribution is -2.51. The summed E-state index contributed by atoms with van der Waals surface area (Å²) in [5.41, 5.74) is 1.64. The Bertz CT molecular complexity index is 856. The van der Waals surface area contributed by atoms with Crippen LogP contribution in [0.1, 0.15) is 46.0 Å². The van der Waals surface area contributed by atoms with Crippen LogP contribution in [0.2, 0.25) is 0 Å². The summed E-state index contributed by atoms with van der Waals surface area (Å²) in [6.07, 6.45) is 6.32. The summed E-state index contributed by atoms with van der Waals surface area (Å²) in [6, 6.07) is 8.49. The zero-order chi connectivity index (χ0) is 21.0. The fourth-order valence-electron chi connectivity index (χ4n) is 4.30. The maximum Gasteiger partial charge on any atom is 0.326 e. The Morgan fingerprint density at radius 3 is 2.55 bits per heavy atom. The van der Waals surface area contributed by atoms with E-state index in [9.17, 15) is 14.7 Å². The van der Waals surface area contributed by atoms with Gasteiger partial charge in [-0.2, -0.15) is 0 Å². The monoisotopic (exact) mass is 397 g/mol. The molecular formula is C23H31N3O3. The number of fused-ring (bicyclic) bond motifs is 1. The van der Waals surface area contributed by atoms with Crippen molar-refractivity contribution < 1.29 is 14.7 Å². The molecule has 3 rings (SSSR count). The van der Waals surface area contributed by atoms with Crippen LogP contribution >= 0.6 is 0 Å². The molecule has 6 heteroatoms. The van der Waals surface area contributed by atoms with Gasteiger partial charge in [-0.1, -0.05) is 44.9 Å². The normalized spacial score (nSPS) is 16.7. The quantitative estimate of drug-likeness (QED) is 0.699. The number of likely N-dealkylation sites (N-methyl/N-ethyl adjacent to an activating group) is 1. The first-order chi connectivity index (χ1) is 13.9. The molecule has 2 aromatic rings. The van der Waals surface area contributed by atoms with Gasteiger partial charge in [-0.15, -0.1) is 0 Å². The van der Waals surface area contributed by atoms with E-state index in [2.05, 4.69) is 10.3 Å². The number of carbonyl (C=O) groups excluding carboxylic acids is 1. The highest BCUT2D eigenvalue weighted by atomic mass is 16.4. The van der Waals surface area contributed by atoms with Crippen molar-refractivity contribution in [2.24, 2.45) is 11.8 Å². The molecule has 1 aromatic carbocycles. The molecule has 0 bridgehead atoms. The van der Waals surface area contributed by atoms with Crippen molar-refractivity contribution in [1.29, 1.82) is 0 Å². The molecule has 2 N–H and O–H groups in total. The Hall–Kier alpha value is -2.63. The van der Waals surface area contributed by atoms with Crippen LogP contribution in [0.4, 0.5) is 5.69 Å². The minimum absolute atomic E-state index is 0.155. The zero-order valence-corrected chi connectivity index (χ0v) is 17.5. The van der Waals surface area contributed by atoms with E-state index in [1.165, 1.54) is 4.90 Å². The predicted octanol–water partition coefficient (Wildman–Crippen LogP) is 4.16. The molecule has 1 aliphatic rings. The predicted molar refractivity (Wildman–Crippen MR) is 115 cm³/mol. The Labute approximate surface area is 172 Å². The summed E-state index contributed by atoms with van der Waals surface area (Å²) >= 11 is 0. The number of benzene rings is 1. The fraction of sp³-hybridized carbons (Fsp3) is 0.522. The number of hydrogen-bond acceptors (Lipinski definition) is 4. The molecule has 0 aliphatic heterocycles. The molecule has 1 aliphatic carbocycles. The fourth-order valence-corrected chi connectivity index (χ4v) is 4.30. The molecule has 1 amide bonds. The number of hydrogen-bond donors (Lipinski definition) is 2. The van der Waals surface area contributed by atoms with Gasteiger partial charge in [0.25, 0.3) is 0 Å². The summed E-state index contributed by atoms with van der Waals surface area (Å²) in [5.74, 6) is -0.728. The number of carbonyl (C=O) groups is 2. The van der Waals surface area contributed by atoms with Crippen LogP contribution in [-0.2, 0) is 9.59 Å². The Balaban J connectivity index is 1.90. The number of carboxylic acid groups (broad SMARTS) is 1. The van der Waals surface area contributed by atoms with E-state index in [1.54, 1.807) is 13.2 Å². The van der Waals surface area contributed by atoms with Gasteiger partial charge in [-0.05, 0) is 43.2 Å². The lowest BCUT2D eigenvalue weighted by atomic mass is 9.94. The minimum Gasteiger partial charge on any atom is -0.480 e. The molecule has 6 nitrogen and oxygen atoms in total. The second-order valence-corrected chi connectivity index (χ2v) is 8.48. The number of pyridine rings is 1. The molecule has 156 valence electrons. The van der Waals surface area contributed by atoms with Crippen molar-refractivity contribution >= 4 is 28.5 Å². The Kier molecular flexibility index (Phi) is 6.72. The standard InChI is InChI=1S/C23H31N3O3/c1-15(2)14-19(23(28)29)26(3)22(27)21(17-8-4-5-9-17)25-18-12-6-10-16-11-7-13-24-20(16)18/h6-7,10-13,15,17,19,21,25H,4-5,8-9,14H2,1-3H3,(H,28,29)/t19-,21+/m0/s1. The average Bonchev–Trinajstić information content (AvgIpc) is 3.23. The van der Waals surface area contributed by atoms with Crippen molar-refractivity contribution in [3.8, 4) is 0 Å². The van der Waals surface area contributed by atoms with Crippen LogP contribution in [0.25, 0.3) is 10.9 Å². The number of aromatic nitrogens is 1. The van der Waals surface area contributed by atoms with Gasteiger partial charge in [0.05, 0.1) is 11.2 Å². The van der Waals surface area contributed by atoms with Crippen LogP contribution in [0, 0.1) is 11.8 Å². The molecule has 1 aromatic heterocycles. The van der Waals surface area contributed by atoms with E-state index in [4.69, 9.17) is 0 Å². The number of para-hydroxylation sites is 1. The summed E-state index contributed by atoms with van der Waals surface area (Å²) in [6.45, 7) is 3.95. The van der Waals surface area contributed by atoms with Crippen molar-refractivity contribution in [2.75, 3.05) is 12.4 Å². The van der Waals surface area contributed by atoms with Gasteiger partial charge >= 0.3 is 5.97 Å². The highest BCUT2D eigenvalue weighted by Crippen LogP contribution is 2.32. The number of aliphatic carboxylic acids is 1. The van der Waals surface area contributed by atoms with Gasteiger partial charge in [-0.3, -0.25) is 9.78 Å². The minimum atomic E-state index is -0.952. The zero-order valence-electron chi connectivity index (χ0n) is 17.5. The molecular weight excluding hydrogens is 366 g/mol. The number of carboxylic acids is 1. The molecule has 1 heterocycles. The SMILES string of the molecule is CC(C)C[C@@H](C(=O)O)N(C)C(=O)[C@H](Nc1cccc2cccnc12)C1CCCC1. The largest absolute Gasteiger partial charge is 0.480 e. The van der Waals surface area contributed by atoms with Gasteiger partial charge in [-0.25, -0.2) is 4.79 Å². The molecule has 0 saturated heterocycles. The molecule has 2 atom stereocenters. The van der Waals surface area contributed by atoms with Crippen LogP contribution in [0.15, 0.2) is 36.5 Å². The number of amides is 1. The third kappa shape index (κ3) is 4.86. The van der Waals surface area contributed by atoms with E-state index < -0.39 is 18.1 Å². The third-order valence-electron chi connectivity index (χ3n) is 5.88. The maximum absolute atomic E-state index is 13.5. The lowest BCUT2D eigenvalue weighted by molar-refractivity contribution is -0.150. The van der Waals surface area contributed by atoms with E-state index in [0.29, 0.717) is 6.42 Å². The number of rotatable bonds is 8. The molecule has 29 heavy (non-hydrogen) atoms. The van der Waals surface area contributed by atoms with Gasteiger partial charge in [0.2, 0.25) is 5.91 Å². The third-order valence-corrected chi connectivity index (χ3v) is 5.88. The summed E-state index contributed by atoms with van der Waals surface area (Å²) in [5, 5.41) is 14.1. The second kappa shape index (κ2) is 9.25. The second-order valence-electron chi connectivity index (χ2n) is 8.48. The molecule has 1 fully saturated rings. The Morgan fingerprint density at radius 1 is 1.21 bits per heavy atom. The van der Waals surface area contributed by atoms with Gasteiger partial charge in [0.1, 0.15) is 12.1 Å². The van der Waals surface area contributed by atoms with Crippen molar-refractivity contribution in [3.63, 3.8) is 0 Å². The first-order valence-electron chi connectivity index (χ1n) is 10.5. The van der Waals surface area contributed by atoms with Crippen LogP contribution in [-0.4, -0.2) is 46.0 Å². The highest BCUT2D eigenvalue weighted by molar-refractivity contribution is 5.94. The average molecular weight is 398 g/mol. The van der Waals surface area contributed by atoms with Crippen LogP contribution in [0.3, 0.4) is 0 Å². The smallest absolute Gasteiger partial charge is 0.326 e.